The molecule has 0 aliphatic heterocycles. The molecule has 0 aromatic carbocycles. The maximum absolute atomic E-state index is 12.5. The van der Waals surface area contributed by atoms with Gasteiger partial charge in [0.25, 0.3) is 10.1 Å². The average Bonchev–Trinajstić information content (AvgIpc) is 3.15. The number of rotatable bonds is 12. The molecule has 0 N–H and O–H groups in total. The Kier molecular flexibility index (Phi) is 8.55. The molecule has 0 bridgehead atoms. The van der Waals surface area contributed by atoms with Crippen LogP contribution < -0.4 is 0 Å². The van der Waals surface area contributed by atoms with Gasteiger partial charge in [-0.25, -0.2) is 0 Å². The lowest BCUT2D eigenvalue weighted by Crippen LogP contribution is -2.28. The quantitative estimate of drug-likeness (QED) is 0.288. The molecular weight excluding hydrogens is 356 g/mol. The fraction of sp³-hybridized carbons (Fsp3) is 0.947. The van der Waals surface area contributed by atoms with E-state index in [-0.39, 0.29) is 41.7 Å². The zero-order valence-corrected chi connectivity index (χ0v) is 18.0. The van der Waals surface area contributed by atoms with Crippen molar-refractivity contribution >= 4 is 16.1 Å². The van der Waals surface area contributed by atoms with E-state index < -0.39 is 10.1 Å². The summed E-state index contributed by atoms with van der Waals surface area (Å²) in [5.74, 6) is 0.0684. The Hall–Kier alpha value is -0.660. The van der Waals surface area contributed by atoms with Crippen LogP contribution in [0.5, 0.6) is 0 Å². The van der Waals surface area contributed by atoms with Crippen LogP contribution in [0.3, 0.4) is 0 Å². The lowest BCUT2D eigenvalue weighted by Gasteiger charge is -2.25. The highest BCUT2D eigenvalue weighted by molar-refractivity contribution is 7.86. The van der Waals surface area contributed by atoms with Gasteiger partial charge in [-0.3, -0.25) is 8.98 Å². The second kappa shape index (κ2) is 9.51. The van der Waals surface area contributed by atoms with Crippen molar-refractivity contribution in [3.63, 3.8) is 0 Å². The predicted octanol–water partition coefficient (Wildman–Crippen LogP) is 3.40. The first-order valence-corrected chi connectivity index (χ1v) is 11.1. The Morgan fingerprint density at radius 3 is 2.35 bits per heavy atom. The highest BCUT2D eigenvalue weighted by atomic mass is 32.2. The number of carbonyl (C=O) groups excluding carboxylic acids is 1. The lowest BCUT2D eigenvalue weighted by atomic mass is 9.81. The van der Waals surface area contributed by atoms with Crippen molar-refractivity contribution in [1.82, 2.24) is 0 Å². The lowest BCUT2D eigenvalue weighted by molar-refractivity contribution is -0.153. The number of hydrogen-bond donors (Lipinski definition) is 0. The van der Waals surface area contributed by atoms with Gasteiger partial charge in [0.1, 0.15) is 6.61 Å². The summed E-state index contributed by atoms with van der Waals surface area (Å²) in [6.45, 7) is 11.3. The van der Waals surface area contributed by atoms with Crippen molar-refractivity contribution in [1.29, 1.82) is 0 Å². The minimum Gasteiger partial charge on any atom is -0.463 e. The van der Waals surface area contributed by atoms with Crippen molar-refractivity contribution in [2.45, 2.75) is 60.3 Å². The molecule has 0 amide bonds. The van der Waals surface area contributed by atoms with Crippen LogP contribution >= 0.6 is 0 Å². The Morgan fingerprint density at radius 1 is 1.27 bits per heavy atom. The maximum Gasteiger partial charge on any atom is 0.312 e. The molecule has 1 aliphatic rings. The molecule has 7 heteroatoms. The molecule has 0 spiro atoms. The van der Waals surface area contributed by atoms with Crippen LogP contribution in [-0.4, -0.2) is 47.1 Å². The summed E-state index contributed by atoms with van der Waals surface area (Å²) in [6.07, 6.45) is 3.33. The maximum atomic E-state index is 12.5. The van der Waals surface area contributed by atoms with Crippen LogP contribution in [-0.2, 0) is 28.6 Å². The first kappa shape index (κ1) is 23.4. The van der Waals surface area contributed by atoms with Crippen LogP contribution in [0.4, 0.5) is 0 Å². The monoisotopic (exact) mass is 392 g/mol. The molecule has 1 fully saturated rings. The summed E-state index contributed by atoms with van der Waals surface area (Å²) < 4.78 is 38.7. The van der Waals surface area contributed by atoms with Gasteiger partial charge in [0.2, 0.25) is 0 Å². The summed E-state index contributed by atoms with van der Waals surface area (Å²) in [5.41, 5.74) is -0.254. The van der Waals surface area contributed by atoms with E-state index in [1.165, 1.54) is 7.11 Å². The summed E-state index contributed by atoms with van der Waals surface area (Å²) in [4.78, 5) is 12.5. The SMILES string of the molecule is CCCC(COCCOC(=O)C1(CC(C)(C)C)CC1C)CS(=O)(=O)OC. The molecular formula is C19H36O6S. The van der Waals surface area contributed by atoms with E-state index in [0.29, 0.717) is 12.5 Å². The van der Waals surface area contributed by atoms with E-state index in [9.17, 15) is 13.2 Å². The van der Waals surface area contributed by atoms with Crippen molar-refractivity contribution in [3.8, 4) is 0 Å². The Labute approximate surface area is 159 Å². The van der Waals surface area contributed by atoms with Gasteiger partial charge in [0.15, 0.2) is 0 Å². The van der Waals surface area contributed by atoms with Crippen LogP contribution in [0.1, 0.15) is 60.3 Å². The molecule has 0 radical (unpaired) electrons. The summed E-state index contributed by atoms with van der Waals surface area (Å²) >= 11 is 0. The zero-order valence-electron chi connectivity index (χ0n) is 17.2. The minimum atomic E-state index is -3.50. The molecule has 1 saturated carbocycles. The van der Waals surface area contributed by atoms with Gasteiger partial charge in [-0.05, 0) is 36.5 Å². The minimum absolute atomic E-state index is 0.0522. The molecule has 3 atom stereocenters. The van der Waals surface area contributed by atoms with Crippen molar-refractivity contribution in [2.24, 2.45) is 22.7 Å². The van der Waals surface area contributed by atoms with Gasteiger partial charge < -0.3 is 9.47 Å². The molecule has 0 heterocycles. The van der Waals surface area contributed by atoms with E-state index >= 15 is 0 Å². The summed E-state index contributed by atoms with van der Waals surface area (Å²) in [5, 5.41) is 0. The summed E-state index contributed by atoms with van der Waals surface area (Å²) in [7, 11) is -2.33. The fourth-order valence-corrected chi connectivity index (χ4v) is 4.58. The van der Waals surface area contributed by atoms with E-state index in [0.717, 1.165) is 25.7 Å². The predicted molar refractivity (Wildman–Crippen MR) is 101 cm³/mol. The Balaban J connectivity index is 2.35. The smallest absolute Gasteiger partial charge is 0.312 e. The third kappa shape index (κ3) is 7.53. The Bertz CT molecular complexity index is 551. The van der Waals surface area contributed by atoms with E-state index in [1.807, 2.05) is 6.92 Å². The first-order valence-electron chi connectivity index (χ1n) is 9.49. The number of ether oxygens (including phenoxy) is 2. The number of carbonyl (C=O) groups is 1. The zero-order chi connectivity index (χ0) is 20.0. The average molecular weight is 393 g/mol. The van der Waals surface area contributed by atoms with E-state index in [1.54, 1.807) is 0 Å². The van der Waals surface area contributed by atoms with Crippen molar-refractivity contribution < 1.29 is 26.9 Å². The van der Waals surface area contributed by atoms with Gasteiger partial charge in [0.05, 0.1) is 31.5 Å². The molecule has 0 saturated heterocycles. The van der Waals surface area contributed by atoms with Gasteiger partial charge >= 0.3 is 5.97 Å². The van der Waals surface area contributed by atoms with Crippen molar-refractivity contribution in [3.05, 3.63) is 0 Å². The standard InChI is InChI=1S/C19H36O6S/c1-7-8-16(13-26(21,22)23-6)12-24-9-10-25-17(20)19(11-15(19)2)14-18(3,4)5/h15-16H,7-14H2,1-6H3. The first-order chi connectivity index (χ1) is 12.0. The topological polar surface area (TPSA) is 78.9 Å². The molecule has 1 rings (SSSR count). The van der Waals surface area contributed by atoms with E-state index in [2.05, 4.69) is 31.9 Å². The molecule has 154 valence electrons. The van der Waals surface area contributed by atoms with Gasteiger partial charge in [-0.15, -0.1) is 0 Å². The Morgan fingerprint density at radius 2 is 1.88 bits per heavy atom. The third-order valence-corrected chi connectivity index (χ3v) is 6.30. The summed E-state index contributed by atoms with van der Waals surface area (Å²) in [6, 6.07) is 0. The normalized spacial score (nSPS) is 24.3. The number of esters is 1. The van der Waals surface area contributed by atoms with Crippen LogP contribution in [0.15, 0.2) is 0 Å². The molecule has 26 heavy (non-hydrogen) atoms. The van der Waals surface area contributed by atoms with Crippen LogP contribution in [0.25, 0.3) is 0 Å². The second-order valence-corrected chi connectivity index (χ2v) is 10.5. The van der Waals surface area contributed by atoms with Crippen molar-refractivity contribution in [2.75, 3.05) is 32.7 Å². The largest absolute Gasteiger partial charge is 0.463 e. The van der Waals surface area contributed by atoms with Gasteiger partial charge in [-0.2, -0.15) is 8.42 Å². The fourth-order valence-electron chi connectivity index (χ4n) is 3.60. The second-order valence-electron chi connectivity index (χ2n) is 8.76. The van der Waals surface area contributed by atoms with Crippen LogP contribution in [0, 0.1) is 22.7 Å². The molecule has 3 unspecified atom stereocenters. The molecule has 1 aliphatic carbocycles. The molecule has 0 aromatic rings. The van der Waals surface area contributed by atoms with Gasteiger partial charge in [-0.1, -0.05) is 41.0 Å². The van der Waals surface area contributed by atoms with Gasteiger partial charge in [0, 0.05) is 0 Å². The van der Waals surface area contributed by atoms with Crippen LogP contribution in [0.2, 0.25) is 0 Å². The molecule has 6 nitrogen and oxygen atoms in total. The highest BCUT2D eigenvalue weighted by Gasteiger charge is 2.59. The number of hydrogen-bond acceptors (Lipinski definition) is 6. The molecule has 0 aromatic heterocycles. The highest BCUT2D eigenvalue weighted by Crippen LogP contribution is 2.59. The van der Waals surface area contributed by atoms with E-state index in [4.69, 9.17) is 9.47 Å². The third-order valence-electron chi connectivity index (χ3n) is 4.91.